The third-order valence-corrected chi connectivity index (χ3v) is 3.86. The first-order chi connectivity index (χ1) is 11.7. The molecular weight excluding hydrogens is 336 g/mol. The molecule has 3 rings (SSSR count). The van der Waals surface area contributed by atoms with Crippen LogP contribution in [0.1, 0.15) is 0 Å². The van der Waals surface area contributed by atoms with E-state index in [1.807, 2.05) is 0 Å². The molecule has 2 aromatic carbocycles. The highest BCUT2D eigenvalue weighted by Gasteiger charge is 2.24. The van der Waals surface area contributed by atoms with Gasteiger partial charge in [-0.2, -0.15) is 0 Å². The van der Waals surface area contributed by atoms with Crippen LogP contribution >= 0.6 is 0 Å². The molecule has 0 aliphatic heterocycles. The van der Waals surface area contributed by atoms with E-state index in [1.165, 1.54) is 13.1 Å². The van der Waals surface area contributed by atoms with E-state index >= 15 is 0 Å². The van der Waals surface area contributed by atoms with Gasteiger partial charge >= 0.3 is 0 Å². The highest BCUT2D eigenvalue weighted by molar-refractivity contribution is 6.09. The van der Waals surface area contributed by atoms with Crippen molar-refractivity contribution < 1.29 is 14.8 Å². The van der Waals surface area contributed by atoms with Crippen LogP contribution in [0.15, 0.2) is 35.1 Å². The topological polar surface area (TPSA) is 151 Å². The van der Waals surface area contributed by atoms with E-state index in [-0.39, 0.29) is 27.4 Å². The minimum atomic E-state index is -0.813. The Balaban J connectivity index is 2.62. The summed E-state index contributed by atoms with van der Waals surface area (Å²) in [7, 11) is 1.27. The molecule has 25 heavy (non-hydrogen) atoms. The molecule has 0 fully saturated rings. The van der Waals surface area contributed by atoms with Gasteiger partial charge < -0.3 is 4.57 Å². The Kier molecular flexibility index (Phi) is 3.41. The highest BCUT2D eigenvalue weighted by Crippen LogP contribution is 2.34. The second-order valence-corrected chi connectivity index (χ2v) is 5.23. The predicted molar refractivity (Wildman–Crippen MR) is 86.7 cm³/mol. The second kappa shape index (κ2) is 5.33. The largest absolute Gasteiger partial charge is 0.305 e. The number of fused-ring (bicyclic) bond motifs is 3. The first-order valence-electron chi connectivity index (χ1n) is 6.76. The maximum absolute atomic E-state index is 12.5. The molecule has 0 amide bonds. The fourth-order valence-electron chi connectivity index (χ4n) is 2.75. The third-order valence-electron chi connectivity index (χ3n) is 3.86. The number of rotatable bonds is 3. The van der Waals surface area contributed by atoms with Crippen molar-refractivity contribution in [2.24, 2.45) is 7.05 Å². The lowest BCUT2D eigenvalue weighted by molar-refractivity contribution is -0.393. The normalized spacial score (nSPS) is 10.9. The molecule has 0 aliphatic rings. The zero-order valence-electron chi connectivity index (χ0n) is 12.5. The Morgan fingerprint density at radius 3 is 1.96 bits per heavy atom. The first-order valence-corrected chi connectivity index (χ1v) is 6.76. The zero-order chi connectivity index (χ0) is 18.5. The molecule has 11 heteroatoms. The summed E-state index contributed by atoms with van der Waals surface area (Å²) in [4.78, 5) is 43.5. The van der Waals surface area contributed by atoms with Crippen LogP contribution in [0.4, 0.5) is 17.1 Å². The monoisotopic (exact) mass is 344 g/mol. The van der Waals surface area contributed by atoms with Crippen LogP contribution in [0.5, 0.6) is 0 Å². The van der Waals surface area contributed by atoms with Crippen LogP contribution in [-0.2, 0) is 7.05 Å². The Morgan fingerprint density at radius 1 is 0.800 bits per heavy atom. The third kappa shape index (κ3) is 2.34. The Bertz CT molecular complexity index is 1170. The standard InChI is InChI=1S/C14H8N4O7/c1-15-13-10(5-8(17(22)23)6-12(13)18(24)25)9-3-2-7(16(20)21)4-11(9)14(15)19/h2-6H,1H3. The van der Waals surface area contributed by atoms with E-state index in [9.17, 15) is 35.1 Å². The number of nitro groups is 3. The van der Waals surface area contributed by atoms with Gasteiger partial charge in [-0.15, -0.1) is 0 Å². The number of hydrogen-bond acceptors (Lipinski definition) is 7. The van der Waals surface area contributed by atoms with Crippen LogP contribution in [0, 0.1) is 30.3 Å². The van der Waals surface area contributed by atoms with E-state index in [0.717, 1.165) is 28.8 Å². The molecular formula is C14H8N4O7. The zero-order valence-corrected chi connectivity index (χ0v) is 12.5. The maximum atomic E-state index is 12.5. The average Bonchev–Trinajstić information content (AvgIpc) is 2.57. The van der Waals surface area contributed by atoms with Gasteiger partial charge in [-0.05, 0) is 11.5 Å². The minimum absolute atomic E-state index is 0.0565. The molecule has 1 aromatic heterocycles. The SMILES string of the molecule is Cn1c(=O)c2cc([N+](=O)[O-])ccc2c2cc([N+](=O)[O-])cc([N+](=O)[O-])c21. The summed E-state index contributed by atoms with van der Waals surface area (Å²) in [5.41, 5.74) is -2.21. The summed E-state index contributed by atoms with van der Waals surface area (Å²) in [5.74, 6) is 0. The summed E-state index contributed by atoms with van der Waals surface area (Å²) in [6.45, 7) is 0. The highest BCUT2D eigenvalue weighted by atomic mass is 16.6. The van der Waals surface area contributed by atoms with Crippen LogP contribution < -0.4 is 5.56 Å². The predicted octanol–water partition coefficient (Wildman–Crippen LogP) is 2.42. The molecule has 0 unspecified atom stereocenters. The van der Waals surface area contributed by atoms with Crippen molar-refractivity contribution in [2.45, 2.75) is 0 Å². The van der Waals surface area contributed by atoms with Crippen LogP contribution in [0.25, 0.3) is 21.7 Å². The molecule has 1 heterocycles. The summed E-state index contributed by atoms with van der Waals surface area (Å²) < 4.78 is 0.962. The molecule has 0 spiro atoms. The summed E-state index contributed by atoms with van der Waals surface area (Å²) >= 11 is 0. The number of benzene rings is 2. The molecule has 0 atom stereocenters. The number of aryl methyl sites for hydroxylation is 1. The van der Waals surface area contributed by atoms with Gasteiger partial charge in [0.2, 0.25) is 0 Å². The van der Waals surface area contributed by atoms with E-state index in [2.05, 4.69) is 0 Å². The van der Waals surface area contributed by atoms with Crippen molar-refractivity contribution in [3.8, 4) is 0 Å². The summed E-state index contributed by atoms with van der Waals surface area (Å²) in [5, 5.41) is 33.5. The van der Waals surface area contributed by atoms with Crippen molar-refractivity contribution in [3.05, 3.63) is 71.0 Å². The van der Waals surface area contributed by atoms with Gasteiger partial charge in [0.15, 0.2) is 0 Å². The number of nitro benzene ring substituents is 3. The summed E-state index contributed by atoms with van der Waals surface area (Å²) in [6.07, 6.45) is 0. The van der Waals surface area contributed by atoms with E-state index < -0.39 is 31.7 Å². The van der Waals surface area contributed by atoms with Gasteiger partial charge in [0.05, 0.1) is 26.2 Å². The fraction of sp³-hybridized carbons (Fsp3) is 0.0714. The maximum Gasteiger partial charge on any atom is 0.300 e. The van der Waals surface area contributed by atoms with Crippen molar-refractivity contribution >= 4 is 38.7 Å². The van der Waals surface area contributed by atoms with Gasteiger partial charge in [-0.3, -0.25) is 35.1 Å². The lowest BCUT2D eigenvalue weighted by atomic mass is 10.0. The Hall–Kier alpha value is -3.89. The number of hydrogen-bond donors (Lipinski definition) is 0. The van der Waals surface area contributed by atoms with Crippen LogP contribution in [-0.4, -0.2) is 19.3 Å². The van der Waals surface area contributed by atoms with Gasteiger partial charge in [-0.25, -0.2) is 0 Å². The van der Waals surface area contributed by atoms with E-state index in [0.29, 0.717) is 0 Å². The van der Waals surface area contributed by atoms with Gasteiger partial charge in [0.25, 0.3) is 22.6 Å². The molecule has 11 nitrogen and oxygen atoms in total. The van der Waals surface area contributed by atoms with E-state index in [1.54, 1.807) is 0 Å². The Morgan fingerprint density at radius 2 is 1.40 bits per heavy atom. The van der Waals surface area contributed by atoms with Gasteiger partial charge in [0.1, 0.15) is 5.52 Å². The summed E-state index contributed by atoms with van der Waals surface area (Å²) in [6, 6.07) is 5.31. The molecule has 126 valence electrons. The lowest BCUT2D eigenvalue weighted by Gasteiger charge is -2.09. The van der Waals surface area contributed by atoms with Gasteiger partial charge in [0, 0.05) is 30.6 Å². The van der Waals surface area contributed by atoms with Crippen molar-refractivity contribution in [1.29, 1.82) is 0 Å². The molecule has 3 aromatic rings. The van der Waals surface area contributed by atoms with Crippen molar-refractivity contribution in [3.63, 3.8) is 0 Å². The number of pyridine rings is 1. The van der Waals surface area contributed by atoms with Crippen molar-refractivity contribution in [1.82, 2.24) is 4.57 Å². The number of aromatic nitrogens is 1. The molecule has 0 radical (unpaired) electrons. The van der Waals surface area contributed by atoms with Crippen LogP contribution in [0.3, 0.4) is 0 Å². The molecule has 0 saturated heterocycles. The molecule has 0 aliphatic carbocycles. The second-order valence-electron chi connectivity index (χ2n) is 5.23. The minimum Gasteiger partial charge on any atom is -0.305 e. The smallest absolute Gasteiger partial charge is 0.300 e. The molecule has 0 bridgehead atoms. The van der Waals surface area contributed by atoms with E-state index in [4.69, 9.17) is 0 Å². The Labute approximate surface area is 137 Å². The number of non-ortho nitro benzene ring substituents is 3. The lowest BCUT2D eigenvalue weighted by Crippen LogP contribution is -2.18. The first kappa shape index (κ1) is 16.0. The number of nitrogens with zero attached hydrogens (tertiary/aromatic N) is 4. The molecule has 0 N–H and O–H groups in total. The molecule has 0 saturated carbocycles. The average molecular weight is 344 g/mol. The van der Waals surface area contributed by atoms with Gasteiger partial charge in [-0.1, -0.05) is 0 Å². The quantitative estimate of drug-likeness (QED) is 0.402. The fourth-order valence-corrected chi connectivity index (χ4v) is 2.75. The van der Waals surface area contributed by atoms with Crippen molar-refractivity contribution in [2.75, 3.05) is 0 Å². The van der Waals surface area contributed by atoms with Crippen LogP contribution in [0.2, 0.25) is 0 Å².